The second kappa shape index (κ2) is 5.73. The van der Waals surface area contributed by atoms with Crippen molar-refractivity contribution in [3.8, 4) is 0 Å². The van der Waals surface area contributed by atoms with Gasteiger partial charge in [-0.3, -0.25) is 4.79 Å². The molecule has 3 rings (SSSR count). The molecular formula is C17H13NO4. The number of carboxylic acids is 1. The molecule has 0 fully saturated rings. The maximum Gasteiger partial charge on any atom is 0.337 e. The van der Waals surface area contributed by atoms with Crippen molar-refractivity contribution in [1.29, 1.82) is 0 Å². The molecule has 0 unspecified atom stereocenters. The molecule has 5 nitrogen and oxygen atoms in total. The summed E-state index contributed by atoms with van der Waals surface area (Å²) in [6.07, 6.45) is 1.18. The van der Waals surface area contributed by atoms with Crippen LogP contribution < -0.4 is 10.4 Å². The van der Waals surface area contributed by atoms with Gasteiger partial charge in [0.1, 0.15) is 6.61 Å². The van der Waals surface area contributed by atoms with Gasteiger partial charge < -0.3 is 9.94 Å². The van der Waals surface area contributed by atoms with Crippen molar-refractivity contribution in [2.24, 2.45) is 0 Å². The van der Waals surface area contributed by atoms with Crippen molar-refractivity contribution >= 4 is 16.7 Å². The Morgan fingerprint density at radius 1 is 1.05 bits per heavy atom. The first-order valence-electron chi connectivity index (χ1n) is 6.71. The van der Waals surface area contributed by atoms with E-state index in [0.29, 0.717) is 0 Å². The number of rotatable bonds is 4. The van der Waals surface area contributed by atoms with Gasteiger partial charge in [-0.05, 0) is 22.4 Å². The maximum absolute atomic E-state index is 11.7. The molecule has 0 amide bonds. The van der Waals surface area contributed by atoms with E-state index in [2.05, 4.69) is 0 Å². The van der Waals surface area contributed by atoms with Gasteiger partial charge in [-0.2, -0.15) is 4.73 Å². The number of fused-ring (bicyclic) bond motifs is 1. The van der Waals surface area contributed by atoms with Crippen LogP contribution in [0.3, 0.4) is 0 Å². The van der Waals surface area contributed by atoms with E-state index in [9.17, 15) is 9.59 Å². The average molecular weight is 295 g/mol. The Morgan fingerprint density at radius 3 is 2.64 bits per heavy atom. The summed E-state index contributed by atoms with van der Waals surface area (Å²) >= 11 is 0. The van der Waals surface area contributed by atoms with Crippen LogP contribution >= 0.6 is 0 Å². The van der Waals surface area contributed by atoms with Crippen molar-refractivity contribution in [2.75, 3.05) is 0 Å². The van der Waals surface area contributed by atoms with E-state index in [1.807, 2.05) is 42.5 Å². The molecule has 0 saturated heterocycles. The van der Waals surface area contributed by atoms with Crippen molar-refractivity contribution in [3.63, 3.8) is 0 Å². The smallest absolute Gasteiger partial charge is 0.337 e. The standard InChI is InChI=1S/C17H13NO4/c19-16-9-8-13(17(20)21)10-18(16)22-11-14-6-3-5-12-4-1-2-7-15(12)14/h1-10H,11H2,(H,20,21). The highest BCUT2D eigenvalue weighted by Gasteiger charge is 2.07. The number of carbonyl (C=O) groups is 1. The van der Waals surface area contributed by atoms with Crippen LogP contribution in [0.2, 0.25) is 0 Å². The molecular weight excluding hydrogens is 282 g/mol. The predicted octanol–water partition coefficient (Wildman–Crippen LogP) is 2.33. The molecule has 0 spiro atoms. The fraction of sp³-hybridized carbons (Fsp3) is 0.0588. The number of carboxylic acid groups (broad SMARTS) is 1. The van der Waals surface area contributed by atoms with Gasteiger partial charge in [0.25, 0.3) is 5.56 Å². The Labute approximate surface area is 126 Å². The maximum atomic E-state index is 11.7. The molecule has 0 aliphatic rings. The van der Waals surface area contributed by atoms with E-state index in [1.165, 1.54) is 18.3 Å². The largest absolute Gasteiger partial charge is 0.478 e. The second-order valence-electron chi connectivity index (χ2n) is 4.80. The number of hydrogen-bond donors (Lipinski definition) is 1. The molecule has 0 aliphatic carbocycles. The first-order valence-corrected chi connectivity index (χ1v) is 6.71. The van der Waals surface area contributed by atoms with Gasteiger partial charge in [0, 0.05) is 6.07 Å². The number of aromatic carboxylic acids is 1. The van der Waals surface area contributed by atoms with Crippen LogP contribution in [-0.2, 0) is 6.61 Å². The van der Waals surface area contributed by atoms with Gasteiger partial charge >= 0.3 is 5.97 Å². The van der Waals surface area contributed by atoms with Crippen LogP contribution in [-0.4, -0.2) is 15.8 Å². The molecule has 110 valence electrons. The molecule has 2 aromatic carbocycles. The molecule has 5 heteroatoms. The molecule has 1 heterocycles. The normalized spacial score (nSPS) is 10.5. The highest BCUT2D eigenvalue weighted by molar-refractivity contribution is 5.87. The van der Waals surface area contributed by atoms with E-state index in [4.69, 9.17) is 9.94 Å². The van der Waals surface area contributed by atoms with Crippen molar-refractivity contribution in [2.45, 2.75) is 6.61 Å². The lowest BCUT2D eigenvalue weighted by molar-refractivity contribution is 0.0675. The Hall–Kier alpha value is -3.08. The molecule has 0 atom stereocenters. The predicted molar refractivity (Wildman–Crippen MR) is 81.9 cm³/mol. The summed E-state index contributed by atoms with van der Waals surface area (Å²) in [6, 6.07) is 16.1. The number of benzene rings is 2. The minimum atomic E-state index is -1.11. The molecule has 0 aliphatic heterocycles. The molecule has 0 bridgehead atoms. The van der Waals surface area contributed by atoms with Crippen molar-refractivity contribution < 1.29 is 14.7 Å². The highest BCUT2D eigenvalue weighted by Crippen LogP contribution is 2.18. The minimum absolute atomic E-state index is 0.00230. The van der Waals surface area contributed by atoms with Crippen molar-refractivity contribution in [1.82, 2.24) is 4.73 Å². The molecule has 0 saturated carbocycles. The summed E-state index contributed by atoms with van der Waals surface area (Å²) in [5.74, 6) is -1.11. The highest BCUT2D eigenvalue weighted by atomic mass is 16.7. The molecule has 0 radical (unpaired) electrons. The zero-order valence-corrected chi connectivity index (χ0v) is 11.6. The second-order valence-corrected chi connectivity index (χ2v) is 4.80. The topological polar surface area (TPSA) is 68.5 Å². The fourth-order valence-corrected chi connectivity index (χ4v) is 2.25. The lowest BCUT2D eigenvalue weighted by atomic mass is 10.1. The number of pyridine rings is 1. The fourth-order valence-electron chi connectivity index (χ4n) is 2.25. The number of aromatic nitrogens is 1. The van der Waals surface area contributed by atoms with Crippen LogP contribution in [0.15, 0.2) is 65.6 Å². The Bertz CT molecular complexity index is 893. The quantitative estimate of drug-likeness (QED) is 0.802. The minimum Gasteiger partial charge on any atom is -0.478 e. The summed E-state index contributed by atoms with van der Waals surface area (Å²) in [5, 5.41) is 11.1. The molecule has 1 N–H and O–H groups in total. The summed E-state index contributed by atoms with van der Waals surface area (Å²) in [4.78, 5) is 28.1. The molecule has 1 aromatic heterocycles. The number of nitrogens with zero attached hydrogens (tertiary/aromatic N) is 1. The monoisotopic (exact) mass is 295 g/mol. The lowest BCUT2D eigenvalue weighted by Crippen LogP contribution is -2.26. The lowest BCUT2D eigenvalue weighted by Gasteiger charge is -2.10. The first-order chi connectivity index (χ1) is 10.6. The first kappa shape index (κ1) is 13.9. The SMILES string of the molecule is O=C(O)c1ccc(=O)n(OCc2cccc3ccccc23)c1. The van der Waals surface area contributed by atoms with Crippen LogP contribution in [0, 0.1) is 0 Å². The van der Waals surface area contributed by atoms with Crippen LogP contribution in [0.5, 0.6) is 0 Å². The Kier molecular flexibility index (Phi) is 3.62. The van der Waals surface area contributed by atoms with E-state index in [0.717, 1.165) is 21.1 Å². The third-order valence-electron chi connectivity index (χ3n) is 3.37. The van der Waals surface area contributed by atoms with Gasteiger partial charge in [0.05, 0.1) is 11.8 Å². The Morgan fingerprint density at radius 2 is 1.82 bits per heavy atom. The van der Waals surface area contributed by atoms with E-state index in [-0.39, 0.29) is 12.2 Å². The summed E-state index contributed by atoms with van der Waals surface area (Å²) < 4.78 is 0.950. The van der Waals surface area contributed by atoms with E-state index < -0.39 is 11.5 Å². The summed E-state index contributed by atoms with van der Waals surface area (Å²) in [7, 11) is 0. The summed E-state index contributed by atoms with van der Waals surface area (Å²) in [5.41, 5.74) is 0.508. The van der Waals surface area contributed by atoms with E-state index in [1.54, 1.807) is 0 Å². The van der Waals surface area contributed by atoms with Crippen LogP contribution in [0.25, 0.3) is 10.8 Å². The summed E-state index contributed by atoms with van der Waals surface area (Å²) in [6.45, 7) is 0.171. The van der Waals surface area contributed by atoms with Gasteiger partial charge in [-0.15, -0.1) is 0 Å². The van der Waals surface area contributed by atoms with Crippen LogP contribution in [0.1, 0.15) is 15.9 Å². The Balaban J connectivity index is 1.90. The van der Waals surface area contributed by atoms with Gasteiger partial charge in [0.15, 0.2) is 0 Å². The van der Waals surface area contributed by atoms with E-state index >= 15 is 0 Å². The van der Waals surface area contributed by atoms with Crippen molar-refractivity contribution in [3.05, 3.63) is 82.3 Å². The average Bonchev–Trinajstić information content (AvgIpc) is 2.54. The number of hydrogen-bond acceptors (Lipinski definition) is 3. The molecule has 3 aromatic rings. The van der Waals surface area contributed by atoms with Gasteiger partial charge in [-0.1, -0.05) is 42.5 Å². The molecule has 22 heavy (non-hydrogen) atoms. The third kappa shape index (κ3) is 2.69. The van der Waals surface area contributed by atoms with Gasteiger partial charge in [-0.25, -0.2) is 4.79 Å². The third-order valence-corrected chi connectivity index (χ3v) is 3.37. The van der Waals surface area contributed by atoms with Gasteiger partial charge in [0.2, 0.25) is 0 Å². The zero-order valence-electron chi connectivity index (χ0n) is 11.6. The zero-order chi connectivity index (χ0) is 15.5. The van der Waals surface area contributed by atoms with Crippen LogP contribution in [0.4, 0.5) is 0 Å².